The van der Waals surface area contributed by atoms with E-state index in [4.69, 9.17) is 9.84 Å². The Morgan fingerprint density at radius 3 is 2.41 bits per heavy atom. The molecule has 0 spiro atoms. The molecule has 2 nitrogen and oxygen atoms in total. The van der Waals surface area contributed by atoms with Gasteiger partial charge in [0.05, 0.1) is 6.61 Å². The Labute approximate surface area is 104 Å². The zero-order valence-electron chi connectivity index (χ0n) is 10.4. The van der Waals surface area contributed by atoms with Gasteiger partial charge in [-0.25, -0.2) is 0 Å². The fraction of sp³-hybridized carbons (Fsp3) is 0.600. The molecule has 2 heteroatoms. The van der Waals surface area contributed by atoms with E-state index in [9.17, 15) is 0 Å². The van der Waals surface area contributed by atoms with Crippen molar-refractivity contribution in [2.75, 3.05) is 13.2 Å². The smallest absolute Gasteiger partial charge is 0.119 e. The molecule has 0 unspecified atom stereocenters. The van der Waals surface area contributed by atoms with Crippen LogP contribution in [0.1, 0.15) is 37.7 Å². The summed E-state index contributed by atoms with van der Waals surface area (Å²) < 4.78 is 5.82. The van der Waals surface area contributed by atoms with E-state index in [1.54, 1.807) is 0 Å². The molecule has 94 valence electrons. The molecule has 0 aromatic heterocycles. The Morgan fingerprint density at radius 1 is 1.06 bits per heavy atom. The molecule has 1 aliphatic rings. The van der Waals surface area contributed by atoms with Gasteiger partial charge in [0, 0.05) is 6.61 Å². The first-order chi connectivity index (χ1) is 8.38. The molecule has 1 aromatic rings. The highest BCUT2D eigenvalue weighted by Gasteiger charge is 2.13. The highest BCUT2D eigenvalue weighted by molar-refractivity contribution is 5.27. The van der Waals surface area contributed by atoms with Gasteiger partial charge in [-0.1, -0.05) is 31.4 Å². The largest absolute Gasteiger partial charge is 0.493 e. The van der Waals surface area contributed by atoms with Gasteiger partial charge in [-0.05, 0) is 42.9 Å². The van der Waals surface area contributed by atoms with Gasteiger partial charge in [0.2, 0.25) is 0 Å². The van der Waals surface area contributed by atoms with Gasteiger partial charge in [-0.15, -0.1) is 0 Å². The average molecular weight is 234 g/mol. The molecule has 1 N–H and O–H groups in total. The molecule has 17 heavy (non-hydrogen) atoms. The van der Waals surface area contributed by atoms with Crippen LogP contribution in [0.3, 0.4) is 0 Å². The van der Waals surface area contributed by atoms with Crippen LogP contribution in [0.25, 0.3) is 0 Å². The summed E-state index contributed by atoms with van der Waals surface area (Å²) in [5.41, 5.74) is 1.16. The quantitative estimate of drug-likeness (QED) is 0.848. The molecule has 1 fully saturated rings. The van der Waals surface area contributed by atoms with E-state index in [0.717, 1.165) is 30.3 Å². The average Bonchev–Trinajstić information content (AvgIpc) is 2.40. The fourth-order valence-electron chi connectivity index (χ4n) is 2.45. The Hall–Kier alpha value is -1.02. The van der Waals surface area contributed by atoms with Gasteiger partial charge in [-0.3, -0.25) is 0 Å². The first kappa shape index (κ1) is 12.4. The van der Waals surface area contributed by atoms with Crippen molar-refractivity contribution in [3.05, 3.63) is 29.8 Å². The summed E-state index contributed by atoms with van der Waals surface area (Å²) in [7, 11) is 0. The van der Waals surface area contributed by atoms with Crippen molar-refractivity contribution in [3.8, 4) is 5.75 Å². The molecule has 0 aliphatic heterocycles. The lowest BCUT2D eigenvalue weighted by atomic mass is 9.90. The summed E-state index contributed by atoms with van der Waals surface area (Å²) in [6.45, 7) is 1.07. The van der Waals surface area contributed by atoms with Gasteiger partial charge in [0.1, 0.15) is 5.75 Å². The predicted octanol–water partition coefficient (Wildman–Crippen LogP) is 3.18. The molecular weight excluding hydrogens is 212 g/mol. The molecule has 0 radical (unpaired) electrons. The molecule has 1 aliphatic carbocycles. The van der Waals surface area contributed by atoms with Gasteiger partial charge < -0.3 is 9.84 Å². The standard InChI is InChI=1S/C15H22O2/c16-11-10-13-6-8-15(9-7-13)17-12-14-4-2-1-3-5-14/h6-9,14,16H,1-5,10-12H2. The van der Waals surface area contributed by atoms with Crippen molar-refractivity contribution >= 4 is 0 Å². The first-order valence-electron chi connectivity index (χ1n) is 6.71. The summed E-state index contributed by atoms with van der Waals surface area (Å²) in [5, 5.41) is 8.83. The van der Waals surface area contributed by atoms with Gasteiger partial charge in [0.15, 0.2) is 0 Å². The second kappa shape index (κ2) is 6.65. The minimum absolute atomic E-state index is 0.211. The summed E-state index contributed by atoms with van der Waals surface area (Å²) >= 11 is 0. The number of aliphatic hydroxyl groups is 1. The monoisotopic (exact) mass is 234 g/mol. The highest BCUT2D eigenvalue weighted by atomic mass is 16.5. The number of aliphatic hydroxyl groups excluding tert-OH is 1. The van der Waals surface area contributed by atoms with Crippen LogP contribution < -0.4 is 4.74 Å². The lowest BCUT2D eigenvalue weighted by molar-refractivity contribution is 0.209. The number of hydrogen-bond acceptors (Lipinski definition) is 2. The zero-order valence-corrected chi connectivity index (χ0v) is 10.4. The first-order valence-corrected chi connectivity index (χ1v) is 6.71. The minimum Gasteiger partial charge on any atom is -0.493 e. The van der Waals surface area contributed by atoms with E-state index >= 15 is 0 Å². The summed E-state index contributed by atoms with van der Waals surface area (Å²) in [5.74, 6) is 1.71. The van der Waals surface area contributed by atoms with Gasteiger partial charge in [-0.2, -0.15) is 0 Å². The van der Waals surface area contributed by atoms with E-state index < -0.39 is 0 Å². The van der Waals surface area contributed by atoms with E-state index in [2.05, 4.69) is 0 Å². The maximum Gasteiger partial charge on any atom is 0.119 e. The minimum atomic E-state index is 0.211. The maximum atomic E-state index is 8.83. The molecule has 1 aromatic carbocycles. The molecule has 0 heterocycles. The molecule has 0 amide bonds. The molecule has 0 saturated heterocycles. The molecule has 1 saturated carbocycles. The van der Waals surface area contributed by atoms with Crippen LogP contribution in [0.4, 0.5) is 0 Å². The van der Waals surface area contributed by atoms with Gasteiger partial charge in [0.25, 0.3) is 0 Å². The van der Waals surface area contributed by atoms with Crippen LogP contribution >= 0.6 is 0 Å². The number of ether oxygens (including phenoxy) is 1. The third-order valence-corrected chi connectivity index (χ3v) is 3.53. The van der Waals surface area contributed by atoms with Crippen molar-refractivity contribution in [1.29, 1.82) is 0 Å². The van der Waals surface area contributed by atoms with E-state index in [0.29, 0.717) is 0 Å². The summed E-state index contributed by atoms with van der Waals surface area (Å²) in [6.07, 6.45) is 7.49. The Bertz CT molecular complexity index is 312. The van der Waals surface area contributed by atoms with Crippen molar-refractivity contribution in [2.24, 2.45) is 5.92 Å². The van der Waals surface area contributed by atoms with Crippen LogP contribution in [-0.4, -0.2) is 18.3 Å². The lowest BCUT2D eigenvalue weighted by Crippen LogP contribution is -2.15. The predicted molar refractivity (Wildman–Crippen MR) is 69.3 cm³/mol. The van der Waals surface area contributed by atoms with Crippen LogP contribution in [-0.2, 0) is 6.42 Å². The van der Waals surface area contributed by atoms with Crippen molar-refractivity contribution < 1.29 is 9.84 Å². The van der Waals surface area contributed by atoms with E-state index in [1.165, 1.54) is 32.1 Å². The van der Waals surface area contributed by atoms with Gasteiger partial charge >= 0.3 is 0 Å². The Balaban J connectivity index is 1.77. The maximum absolute atomic E-state index is 8.83. The third-order valence-electron chi connectivity index (χ3n) is 3.53. The highest BCUT2D eigenvalue weighted by Crippen LogP contribution is 2.24. The lowest BCUT2D eigenvalue weighted by Gasteiger charge is -2.21. The van der Waals surface area contributed by atoms with Crippen molar-refractivity contribution in [1.82, 2.24) is 0 Å². The molecule has 2 rings (SSSR count). The zero-order chi connectivity index (χ0) is 11.9. The van der Waals surface area contributed by atoms with Crippen LogP contribution in [0, 0.1) is 5.92 Å². The van der Waals surface area contributed by atoms with Crippen molar-refractivity contribution in [2.45, 2.75) is 38.5 Å². The summed E-state index contributed by atoms with van der Waals surface area (Å²) in [4.78, 5) is 0. The van der Waals surface area contributed by atoms with E-state index in [-0.39, 0.29) is 6.61 Å². The van der Waals surface area contributed by atoms with Crippen LogP contribution in [0.5, 0.6) is 5.75 Å². The van der Waals surface area contributed by atoms with Crippen LogP contribution in [0.2, 0.25) is 0 Å². The Morgan fingerprint density at radius 2 is 1.76 bits per heavy atom. The van der Waals surface area contributed by atoms with Crippen molar-refractivity contribution in [3.63, 3.8) is 0 Å². The number of rotatable bonds is 5. The fourth-order valence-corrected chi connectivity index (χ4v) is 2.45. The normalized spacial score (nSPS) is 17.0. The number of hydrogen-bond donors (Lipinski definition) is 1. The van der Waals surface area contributed by atoms with E-state index in [1.807, 2.05) is 24.3 Å². The second-order valence-corrected chi connectivity index (χ2v) is 4.93. The topological polar surface area (TPSA) is 29.5 Å². The number of benzene rings is 1. The Kier molecular flexibility index (Phi) is 4.87. The SMILES string of the molecule is OCCc1ccc(OCC2CCCCC2)cc1. The third kappa shape index (κ3) is 4.04. The molecule has 0 bridgehead atoms. The van der Waals surface area contributed by atoms with Crippen LogP contribution in [0.15, 0.2) is 24.3 Å². The summed E-state index contributed by atoms with van der Waals surface area (Å²) in [6, 6.07) is 8.08. The molecule has 0 atom stereocenters. The second-order valence-electron chi connectivity index (χ2n) is 4.93. The molecular formula is C15H22O2.